The van der Waals surface area contributed by atoms with E-state index in [1.165, 1.54) is 5.56 Å². The minimum absolute atomic E-state index is 0.219. The predicted octanol–water partition coefficient (Wildman–Crippen LogP) is 3.09. The summed E-state index contributed by atoms with van der Waals surface area (Å²) in [5.41, 5.74) is 2.52. The fraction of sp³-hybridized carbons (Fsp3) is 0.211. The number of sulfonamides is 1. The summed E-state index contributed by atoms with van der Waals surface area (Å²) in [5, 5.41) is 4.32. The van der Waals surface area contributed by atoms with Crippen LogP contribution in [-0.4, -0.2) is 24.7 Å². The van der Waals surface area contributed by atoms with Gasteiger partial charge >= 0.3 is 0 Å². The molecule has 0 spiro atoms. The Bertz CT molecular complexity index is 920. The highest BCUT2D eigenvalue weighted by Gasteiger charge is 2.20. The van der Waals surface area contributed by atoms with Gasteiger partial charge in [0.25, 0.3) is 0 Å². The van der Waals surface area contributed by atoms with E-state index < -0.39 is 10.0 Å². The van der Waals surface area contributed by atoms with Crippen molar-refractivity contribution < 1.29 is 8.42 Å². The summed E-state index contributed by atoms with van der Waals surface area (Å²) in [4.78, 5) is 0.219. The predicted molar refractivity (Wildman–Crippen MR) is 98.3 cm³/mol. The largest absolute Gasteiger partial charge is 0.243 e. The van der Waals surface area contributed by atoms with Crippen molar-refractivity contribution in [1.82, 2.24) is 14.5 Å². The van der Waals surface area contributed by atoms with Crippen LogP contribution in [0.5, 0.6) is 0 Å². The molecule has 0 bridgehead atoms. The van der Waals surface area contributed by atoms with E-state index in [0.717, 1.165) is 18.5 Å². The Morgan fingerprint density at radius 2 is 1.64 bits per heavy atom. The van der Waals surface area contributed by atoms with E-state index in [4.69, 9.17) is 0 Å². The van der Waals surface area contributed by atoms with E-state index in [-0.39, 0.29) is 4.90 Å². The maximum Gasteiger partial charge on any atom is 0.243 e. The number of hydrogen-bond acceptors (Lipinski definition) is 3. The van der Waals surface area contributed by atoms with Gasteiger partial charge in [-0.15, -0.1) is 0 Å². The van der Waals surface area contributed by atoms with Crippen LogP contribution < -0.4 is 4.72 Å². The number of nitrogens with one attached hydrogen (secondary N) is 1. The summed E-state index contributed by atoms with van der Waals surface area (Å²) in [6.45, 7) is 2.10. The van der Waals surface area contributed by atoms with Crippen molar-refractivity contribution in [3.63, 3.8) is 0 Å². The number of para-hydroxylation sites is 1. The van der Waals surface area contributed by atoms with Crippen molar-refractivity contribution in [3.05, 3.63) is 78.1 Å². The highest BCUT2D eigenvalue weighted by Crippen LogP contribution is 2.16. The van der Waals surface area contributed by atoms with Gasteiger partial charge in [-0.2, -0.15) is 5.10 Å². The van der Waals surface area contributed by atoms with Crippen LogP contribution in [0, 0.1) is 6.92 Å². The van der Waals surface area contributed by atoms with Gasteiger partial charge in [0.15, 0.2) is 0 Å². The molecule has 0 aliphatic rings. The lowest BCUT2D eigenvalue weighted by Crippen LogP contribution is -2.25. The number of aromatic nitrogens is 2. The van der Waals surface area contributed by atoms with Crippen molar-refractivity contribution >= 4 is 10.0 Å². The number of aryl methyl sites for hydroxylation is 2. The van der Waals surface area contributed by atoms with Crippen LogP contribution in [0.4, 0.5) is 0 Å². The van der Waals surface area contributed by atoms with Crippen molar-refractivity contribution in [2.45, 2.75) is 24.7 Å². The zero-order valence-corrected chi connectivity index (χ0v) is 14.9. The molecule has 3 aromatic rings. The number of rotatable bonds is 7. The Morgan fingerprint density at radius 1 is 1.00 bits per heavy atom. The smallest absolute Gasteiger partial charge is 0.239 e. The van der Waals surface area contributed by atoms with Crippen LogP contribution in [0.1, 0.15) is 17.7 Å². The first-order valence-electron chi connectivity index (χ1n) is 8.21. The summed E-state index contributed by atoms with van der Waals surface area (Å²) in [5.74, 6) is 0. The van der Waals surface area contributed by atoms with Crippen molar-refractivity contribution in [2.75, 3.05) is 6.54 Å². The topological polar surface area (TPSA) is 64.0 Å². The van der Waals surface area contributed by atoms with Crippen LogP contribution in [0.3, 0.4) is 0 Å². The van der Waals surface area contributed by atoms with Crippen LogP contribution in [0.2, 0.25) is 0 Å². The first kappa shape index (κ1) is 17.4. The second-order valence-corrected chi connectivity index (χ2v) is 7.58. The van der Waals surface area contributed by atoms with Crippen LogP contribution >= 0.6 is 0 Å². The summed E-state index contributed by atoms with van der Waals surface area (Å²) in [7, 11) is -3.57. The Hall–Kier alpha value is -2.44. The Labute approximate surface area is 148 Å². The summed E-state index contributed by atoms with van der Waals surface area (Å²) in [6, 6.07) is 19.5. The number of benzene rings is 2. The maximum atomic E-state index is 12.5. The lowest BCUT2D eigenvalue weighted by molar-refractivity contribution is 0.578. The van der Waals surface area contributed by atoms with E-state index in [9.17, 15) is 8.42 Å². The average molecular weight is 355 g/mol. The van der Waals surface area contributed by atoms with Gasteiger partial charge in [-0.1, -0.05) is 48.5 Å². The molecule has 6 heteroatoms. The molecule has 3 rings (SSSR count). The Kier molecular flexibility index (Phi) is 5.31. The molecule has 0 amide bonds. The van der Waals surface area contributed by atoms with Gasteiger partial charge in [0.05, 0.1) is 17.6 Å². The molecule has 0 atom stereocenters. The van der Waals surface area contributed by atoms with Gasteiger partial charge in [0.2, 0.25) is 10.0 Å². The fourth-order valence-corrected chi connectivity index (χ4v) is 3.88. The minimum atomic E-state index is -3.57. The number of nitrogens with zero attached hydrogens (tertiary/aromatic N) is 2. The second-order valence-electron chi connectivity index (χ2n) is 5.85. The molecule has 130 valence electrons. The lowest BCUT2D eigenvalue weighted by atomic mass is 10.1. The molecule has 2 aromatic carbocycles. The SMILES string of the molecule is Cc1nn(-c2ccccc2)cc1S(=O)(=O)NCCCc1ccccc1. The van der Waals surface area contributed by atoms with Crippen LogP contribution in [0.15, 0.2) is 71.8 Å². The molecule has 0 unspecified atom stereocenters. The van der Waals surface area contributed by atoms with E-state index >= 15 is 0 Å². The third-order valence-electron chi connectivity index (χ3n) is 3.94. The molecule has 0 saturated heterocycles. The van der Waals surface area contributed by atoms with E-state index in [0.29, 0.717) is 12.2 Å². The maximum absolute atomic E-state index is 12.5. The van der Waals surface area contributed by atoms with Crippen molar-refractivity contribution in [2.24, 2.45) is 0 Å². The first-order valence-corrected chi connectivity index (χ1v) is 9.70. The third kappa shape index (κ3) is 4.35. The fourth-order valence-electron chi connectivity index (χ4n) is 2.64. The normalized spacial score (nSPS) is 11.6. The Morgan fingerprint density at radius 3 is 2.32 bits per heavy atom. The molecule has 1 N–H and O–H groups in total. The highest BCUT2D eigenvalue weighted by atomic mass is 32.2. The molecule has 1 heterocycles. The molecule has 5 nitrogen and oxygen atoms in total. The molecule has 0 aliphatic heterocycles. The van der Waals surface area contributed by atoms with Crippen LogP contribution in [0.25, 0.3) is 5.69 Å². The molecule has 0 aliphatic carbocycles. The summed E-state index contributed by atoms with van der Waals surface area (Å²) < 4.78 is 29.4. The molecule has 1 aromatic heterocycles. The quantitative estimate of drug-likeness (QED) is 0.663. The molecule has 25 heavy (non-hydrogen) atoms. The van der Waals surface area contributed by atoms with Gasteiger partial charge in [-0.25, -0.2) is 17.8 Å². The van der Waals surface area contributed by atoms with Crippen molar-refractivity contribution in [1.29, 1.82) is 0 Å². The molecule has 0 saturated carbocycles. The summed E-state index contributed by atoms with van der Waals surface area (Å²) in [6.07, 6.45) is 3.14. The van der Waals surface area contributed by atoms with Crippen molar-refractivity contribution in [3.8, 4) is 5.69 Å². The number of hydrogen-bond donors (Lipinski definition) is 1. The highest BCUT2D eigenvalue weighted by molar-refractivity contribution is 7.89. The minimum Gasteiger partial charge on any atom is -0.239 e. The lowest BCUT2D eigenvalue weighted by Gasteiger charge is -2.05. The van der Waals surface area contributed by atoms with E-state index in [1.54, 1.807) is 17.8 Å². The van der Waals surface area contributed by atoms with Gasteiger partial charge < -0.3 is 0 Å². The molecular weight excluding hydrogens is 334 g/mol. The molecule has 0 radical (unpaired) electrons. The van der Waals surface area contributed by atoms with Gasteiger partial charge in [0.1, 0.15) is 4.90 Å². The molecule has 0 fully saturated rings. The monoisotopic (exact) mass is 355 g/mol. The zero-order valence-electron chi connectivity index (χ0n) is 14.1. The van der Waals surface area contributed by atoms with Gasteiger partial charge in [-0.05, 0) is 37.5 Å². The van der Waals surface area contributed by atoms with E-state index in [1.807, 2.05) is 60.7 Å². The standard InChI is InChI=1S/C19H21N3O2S/c1-16-19(15-22(21-16)18-12-6-3-7-13-18)25(23,24)20-14-8-11-17-9-4-2-5-10-17/h2-7,9-10,12-13,15,20H,8,11,14H2,1H3. The Balaban J connectivity index is 1.65. The van der Waals surface area contributed by atoms with Gasteiger partial charge in [-0.3, -0.25) is 0 Å². The molecular formula is C19H21N3O2S. The zero-order chi connectivity index (χ0) is 17.7. The third-order valence-corrected chi connectivity index (χ3v) is 5.51. The summed E-state index contributed by atoms with van der Waals surface area (Å²) >= 11 is 0. The first-order chi connectivity index (χ1) is 12.1. The average Bonchev–Trinajstić information content (AvgIpc) is 3.03. The second kappa shape index (κ2) is 7.63. The van der Waals surface area contributed by atoms with Crippen LogP contribution in [-0.2, 0) is 16.4 Å². The van der Waals surface area contributed by atoms with E-state index in [2.05, 4.69) is 9.82 Å². The van der Waals surface area contributed by atoms with Gasteiger partial charge in [0, 0.05) is 6.54 Å².